The van der Waals surface area contributed by atoms with Gasteiger partial charge in [0.25, 0.3) is 0 Å². The third-order valence-corrected chi connectivity index (χ3v) is 3.49. The van der Waals surface area contributed by atoms with Gasteiger partial charge in [-0.1, -0.05) is 5.92 Å². The van der Waals surface area contributed by atoms with Crippen LogP contribution in [0.5, 0.6) is 0 Å². The summed E-state index contributed by atoms with van der Waals surface area (Å²) in [6, 6.07) is 4.09. The average Bonchev–Trinajstić information content (AvgIpc) is 2.15. The number of benzene rings is 1. The molecule has 3 N–H and O–H groups in total. The fourth-order valence-corrected chi connectivity index (χ4v) is 2.57. The minimum atomic E-state index is -3.59. The fourth-order valence-electron chi connectivity index (χ4n) is 1.27. The van der Waals surface area contributed by atoms with Crippen LogP contribution in [0.1, 0.15) is 12.5 Å². The molecule has 0 amide bonds. The number of anilines is 1. The van der Waals surface area contributed by atoms with Crippen LogP contribution in [0.25, 0.3) is 0 Å². The van der Waals surface area contributed by atoms with Crippen molar-refractivity contribution in [1.29, 1.82) is 0 Å². The molecule has 86 valence electrons. The third-order valence-electron chi connectivity index (χ3n) is 1.97. The van der Waals surface area contributed by atoms with Crippen molar-refractivity contribution in [2.24, 2.45) is 0 Å². The molecule has 0 heterocycles. The molecule has 1 atom stereocenters. The minimum Gasteiger partial charge on any atom is -0.399 e. The Balaban J connectivity index is 3.13. The van der Waals surface area contributed by atoms with E-state index < -0.39 is 16.1 Å². The highest BCUT2D eigenvalue weighted by molar-refractivity contribution is 7.89. The van der Waals surface area contributed by atoms with Crippen LogP contribution in [-0.2, 0) is 10.0 Å². The summed E-state index contributed by atoms with van der Waals surface area (Å²) in [5, 5.41) is 0. The molecule has 1 rings (SSSR count). The normalized spacial score (nSPS) is 13.1. The van der Waals surface area contributed by atoms with Crippen LogP contribution < -0.4 is 10.5 Å². The largest absolute Gasteiger partial charge is 0.399 e. The second-order valence-corrected chi connectivity index (χ2v) is 5.30. The number of sulfonamides is 1. The Morgan fingerprint density at radius 2 is 2.06 bits per heavy atom. The summed E-state index contributed by atoms with van der Waals surface area (Å²) in [6.45, 7) is 3.37. The smallest absolute Gasteiger partial charge is 0.241 e. The van der Waals surface area contributed by atoms with Gasteiger partial charge in [-0.05, 0) is 37.6 Å². The van der Waals surface area contributed by atoms with Crippen molar-refractivity contribution >= 4 is 15.7 Å². The maximum Gasteiger partial charge on any atom is 0.241 e. The second kappa shape index (κ2) is 4.56. The molecule has 1 aromatic rings. The number of terminal acetylenes is 1. The summed E-state index contributed by atoms with van der Waals surface area (Å²) in [5.74, 6) is 2.30. The molecule has 0 aromatic heterocycles. The van der Waals surface area contributed by atoms with Gasteiger partial charge in [-0.2, -0.15) is 4.72 Å². The molecular formula is C11H14N2O2S. The van der Waals surface area contributed by atoms with Gasteiger partial charge in [0.1, 0.15) is 0 Å². The van der Waals surface area contributed by atoms with Gasteiger partial charge in [-0.3, -0.25) is 0 Å². The molecule has 0 saturated carbocycles. The first-order chi connectivity index (χ1) is 7.35. The number of rotatable bonds is 3. The van der Waals surface area contributed by atoms with Gasteiger partial charge in [0.05, 0.1) is 10.9 Å². The molecule has 0 spiro atoms. The summed E-state index contributed by atoms with van der Waals surface area (Å²) in [6.07, 6.45) is 5.12. The molecule has 0 radical (unpaired) electrons. The summed E-state index contributed by atoms with van der Waals surface area (Å²) in [4.78, 5) is 0.132. The SMILES string of the molecule is C#CC(C)NS(=O)(=O)c1cc(C)cc(N)c1. The predicted octanol–water partition coefficient (Wildman–Crippen LogP) is 0.877. The van der Waals surface area contributed by atoms with Crippen LogP contribution in [0.4, 0.5) is 5.69 Å². The van der Waals surface area contributed by atoms with Crippen molar-refractivity contribution in [2.45, 2.75) is 24.8 Å². The van der Waals surface area contributed by atoms with Crippen molar-refractivity contribution in [3.05, 3.63) is 23.8 Å². The van der Waals surface area contributed by atoms with Crippen molar-refractivity contribution < 1.29 is 8.42 Å². The quantitative estimate of drug-likeness (QED) is 0.606. The Bertz CT molecular complexity index is 509. The predicted molar refractivity (Wildman–Crippen MR) is 64.2 cm³/mol. The summed E-state index contributed by atoms with van der Waals surface area (Å²) < 4.78 is 26.0. The van der Waals surface area contributed by atoms with E-state index in [4.69, 9.17) is 12.2 Å². The number of aryl methyl sites for hydroxylation is 1. The van der Waals surface area contributed by atoms with E-state index in [1.165, 1.54) is 6.07 Å². The van der Waals surface area contributed by atoms with E-state index in [0.29, 0.717) is 5.69 Å². The fraction of sp³-hybridized carbons (Fsp3) is 0.273. The first kappa shape index (κ1) is 12.6. The Morgan fingerprint density at radius 3 is 2.56 bits per heavy atom. The number of hydrogen-bond acceptors (Lipinski definition) is 3. The molecule has 0 fully saturated rings. The van der Waals surface area contributed by atoms with Crippen LogP contribution in [0.15, 0.2) is 23.1 Å². The zero-order chi connectivity index (χ0) is 12.3. The van der Waals surface area contributed by atoms with Crippen molar-refractivity contribution in [2.75, 3.05) is 5.73 Å². The number of hydrogen-bond donors (Lipinski definition) is 2. The molecule has 1 unspecified atom stereocenters. The highest BCUT2D eigenvalue weighted by atomic mass is 32.2. The van der Waals surface area contributed by atoms with Crippen molar-refractivity contribution in [3.63, 3.8) is 0 Å². The van der Waals surface area contributed by atoms with Gasteiger partial charge in [0, 0.05) is 5.69 Å². The lowest BCUT2D eigenvalue weighted by molar-refractivity contribution is 0.577. The van der Waals surface area contributed by atoms with Crippen LogP contribution in [0.2, 0.25) is 0 Å². The minimum absolute atomic E-state index is 0.132. The summed E-state index contributed by atoms with van der Waals surface area (Å²) >= 11 is 0. The maximum absolute atomic E-state index is 11.8. The van der Waals surface area contributed by atoms with Gasteiger partial charge < -0.3 is 5.73 Å². The van der Waals surface area contributed by atoms with E-state index in [-0.39, 0.29) is 4.90 Å². The zero-order valence-electron chi connectivity index (χ0n) is 9.19. The van der Waals surface area contributed by atoms with E-state index >= 15 is 0 Å². The van der Waals surface area contributed by atoms with Gasteiger partial charge in [-0.25, -0.2) is 8.42 Å². The maximum atomic E-state index is 11.8. The monoisotopic (exact) mass is 238 g/mol. The van der Waals surface area contributed by atoms with Crippen molar-refractivity contribution in [1.82, 2.24) is 4.72 Å². The van der Waals surface area contributed by atoms with Crippen LogP contribution in [0, 0.1) is 19.3 Å². The molecule has 5 heteroatoms. The lowest BCUT2D eigenvalue weighted by Crippen LogP contribution is -2.31. The second-order valence-electron chi connectivity index (χ2n) is 3.59. The van der Waals surface area contributed by atoms with Crippen molar-refractivity contribution in [3.8, 4) is 12.3 Å². The van der Waals surface area contributed by atoms with Gasteiger partial charge in [-0.15, -0.1) is 6.42 Å². The summed E-state index contributed by atoms with van der Waals surface area (Å²) in [7, 11) is -3.59. The Morgan fingerprint density at radius 1 is 1.44 bits per heavy atom. The zero-order valence-corrected chi connectivity index (χ0v) is 10.0. The number of nitrogens with two attached hydrogens (primary N) is 1. The van der Waals surface area contributed by atoms with Crippen LogP contribution in [0.3, 0.4) is 0 Å². The molecule has 4 nitrogen and oxygen atoms in total. The Hall–Kier alpha value is -1.51. The van der Waals surface area contributed by atoms with Crippen LogP contribution in [-0.4, -0.2) is 14.5 Å². The van der Waals surface area contributed by atoms with Gasteiger partial charge >= 0.3 is 0 Å². The van der Waals surface area contributed by atoms with Gasteiger partial charge in [0.2, 0.25) is 10.0 Å². The van der Waals surface area contributed by atoms with E-state index in [0.717, 1.165) is 5.56 Å². The summed E-state index contributed by atoms with van der Waals surface area (Å²) in [5.41, 5.74) is 6.78. The van der Waals surface area contributed by atoms with E-state index in [1.807, 2.05) is 0 Å². The molecule has 0 bridgehead atoms. The molecule has 1 aromatic carbocycles. The topological polar surface area (TPSA) is 72.2 Å². The highest BCUT2D eigenvalue weighted by Crippen LogP contribution is 2.16. The van der Waals surface area contributed by atoms with Crippen LogP contribution >= 0.6 is 0 Å². The number of nitrogens with one attached hydrogen (secondary N) is 1. The molecule has 0 aliphatic rings. The lowest BCUT2D eigenvalue weighted by Gasteiger charge is -2.10. The Labute approximate surface area is 95.9 Å². The standard InChI is InChI=1S/C11H14N2O2S/c1-4-9(3)13-16(14,15)11-6-8(2)5-10(12)7-11/h1,5-7,9,13H,12H2,2-3H3. The number of nitrogen functional groups attached to an aromatic ring is 1. The van der Waals surface area contributed by atoms with E-state index in [1.54, 1.807) is 26.0 Å². The molecule has 16 heavy (non-hydrogen) atoms. The Kier molecular flexibility index (Phi) is 3.58. The molecule has 0 aliphatic carbocycles. The first-order valence-corrected chi connectivity index (χ1v) is 6.19. The lowest BCUT2D eigenvalue weighted by atomic mass is 10.2. The molecule has 0 aliphatic heterocycles. The first-order valence-electron chi connectivity index (χ1n) is 4.71. The molecule has 0 saturated heterocycles. The van der Waals surface area contributed by atoms with E-state index in [2.05, 4.69) is 10.6 Å². The highest BCUT2D eigenvalue weighted by Gasteiger charge is 2.16. The van der Waals surface area contributed by atoms with E-state index in [9.17, 15) is 8.42 Å². The third kappa shape index (κ3) is 2.99. The average molecular weight is 238 g/mol. The van der Waals surface area contributed by atoms with Gasteiger partial charge in [0.15, 0.2) is 0 Å². The molecular weight excluding hydrogens is 224 g/mol.